The van der Waals surface area contributed by atoms with E-state index in [2.05, 4.69) is 15.5 Å². The molecular weight excluding hydrogens is 206 g/mol. The van der Waals surface area contributed by atoms with Gasteiger partial charge in [-0.1, -0.05) is 6.07 Å². The molecule has 2 aromatic rings. The van der Waals surface area contributed by atoms with Gasteiger partial charge in [0.2, 0.25) is 0 Å². The Morgan fingerprint density at radius 1 is 1.44 bits per heavy atom. The molecule has 0 fully saturated rings. The van der Waals surface area contributed by atoms with E-state index in [1.807, 2.05) is 12.1 Å². The molecule has 1 heterocycles. The Bertz CT molecular complexity index is 469. The molecule has 0 saturated carbocycles. The molecule has 0 bridgehead atoms. The Labute approximate surface area is 93.1 Å². The van der Waals surface area contributed by atoms with Gasteiger partial charge in [-0.2, -0.15) is 5.10 Å². The smallest absolute Gasteiger partial charge is 0.106 e. The van der Waals surface area contributed by atoms with Crippen molar-refractivity contribution < 1.29 is 10.2 Å². The van der Waals surface area contributed by atoms with E-state index in [1.54, 1.807) is 19.3 Å². The highest BCUT2D eigenvalue weighted by Crippen LogP contribution is 2.21. The molecule has 0 saturated heterocycles. The lowest BCUT2D eigenvalue weighted by Gasteiger charge is -2.17. The minimum atomic E-state index is -0.883. The summed E-state index contributed by atoms with van der Waals surface area (Å²) in [6.45, 7) is 0.352. The summed E-state index contributed by atoms with van der Waals surface area (Å²) >= 11 is 0. The van der Waals surface area contributed by atoms with Gasteiger partial charge in [0.25, 0.3) is 0 Å². The fourth-order valence-corrected chi connectivity index (χ4v) is 1.69. The van der Waals surface area contributed by atoms with Crippen molar-refractivity contribution in [2.45, 2.75) is 12.2 Å². The second-order valence-electron chi connectivity index (χ2n) is 3.79. The van der Waals surface area contributed by atoms with E-state index in [0.717, 1.165) is 10.9 Å². The lowest BCUT2D eigenvalue weighted by molar-refractivity contribution is 0.0203. The third-order valence-corrected chi connectivity index (χ3v) is 2.58. The van der Waals surface area contributed by atoms with Crippen LogP contribution in [0.2, 0.25) is 0 Å². The number of aliphatic hydroxyl groups excluding tert-OH is 2. The highest BCUT2D eigenvalue weighted by atomic mass is 16.3. The molecule has 2 atom stereocenters. The highest BCUT2D eigenvalue weighted by Gasteiger charge is 2.17. The molecule has 86 valence electrons. The Morgan fingerprint density at radius 2 is 2.25 bits per heavy atom. The summed E-state index contributed by atoms with van der Waals surface area (Å²) in [4.78, 5) is 0. The molecule has 0 spiro atoms. The minimum absolute atomic E-state index is 0.352. The molecule has 2 rings (SSSR count). The minimum Gasteiger partial charge on any atom is -0.389 e. The van der Waals surface area contributed by atoms with E-state index < -0.39 is 12.2 Å². The van der Waals surface area contributed by atoms with E-state index in [4.69, 9.17) is 0 Å². The third kappa shape index (κ3) is 2.06. The fraction of sp³-hybridized carbons (Fsp3) is 0.364. The molecule has 5 nitrogen and oxygen atoms in total. The van der Waals surface area contributed by atoms with Crippen LogP contribution in [0.25, 0.3) is 10.9 Å². The molecule has 0 amide bonds. The lowest BCUT2D eigenvalue weighted by atomic mass is 10.0. The first-order chi connectivity index (χ1) is 7.72. The van der Waals surface area contributed by atoms with Gasteiger partial charge < -0.3 is 15.5 Å². The number of aromatic nitrogens is 2. The zero-order chi connectivity index (χ0) is 11.5. The number of fused-ring (bicyclic) bond motifs is 1. The fourth-order valence-electron chi connectivity index (χ4n) is 1.69. The van der Waals surface area contributed by atoms with E-state index in [1.165, 1.54) is 0 Å². The quantitative estimate of drug-likeness (QED) is 0.593. The third-order valence-electron chi connectivity index (χ3n) is 2.58. The van der Waals surface area contributed by atoms with Crippen LogP contribution in [0, 0.1) is 0 Å². The first-order valence-electron chi connectivity index (χ1n) is 5.16. The van der Waals surface area contributed by atoms with Gasteiger partial charge in [-0.3, -0.25) is 5.10 Å². The number of H-pyrrole nitrogens is 1. The molecule has 1 aromatic carbocycles. The summed E-state index contributed by atoms with van der Waals surface area (Å²) < 4.78 is 0. The van der Waals surface area contributed by atoms with Crippen LogP contribution < -0.4 is 5.32 Å². The van der Waals surface area contributed by atoms with Crippen LogP contribution in [0.5, 0.6) is 0 Å². The summed E-state index contributed by atoms with van der Waals surface area (Å²) in [7, 11) is 1.73. The Balaban J connectivity index is 2.24. The number of hydrogen-bond donors (Lipinski definition) is 4. The first kappa shape index (κ1) is 11.1. The van der Waals surface area contributed by atoms with Crippen molar-refractivity contribution in [1.82, 2.24) is 15.5 Å². The van der Waals surface area contributed by atoms with Crippen molar-refractivity contribution in [3.63, 3.8) is 0 Å². The van der Waals surface area contributed by atoms with Crippen LogP contribution in [0.3, 0.4) is 0 Å². The molecule has 0 aliphatic carbocycles. The van der Waals surface area contributed by atoms with Crippen molar-refractivity contribution >= 4 is 10.9 Å². The van der Waals surface area contributed by atoms with Crippen LogP contribution >= 0.6 is 0 Å². The first-order valence-corrected chi connectivity index (χ1v) is 5.16. The largest absolute Gasteiger partial charge is 0.389 e. The normalized spacial score (nSPS) is 15.2. The van der Waals surface area contributed by atoms with E-state index >= 15 is 0 Å². The SMILES string of the molecule is CNCC(O)C(O)c1ccc2[nH]ncc2c1. The monoisotopic (exact) mass is 221 g/mol. The van der Waals surface area contributed by atoms with E-state index in [9.17, 15) is 10.2 Å². The van der Waals surface area contributed by atoms with Crippen LogP contribution in [0.1, 0.15) is 11.7 Å². The molecule has 0 aliphatic rings. The predicted octanol–water partition coefficient (Wildman–Crippen LogP) is 0.177. The molecule has 4 N–H and O–H groups in total. The van der Waals surface area contributed by atoms with Gasteiger partial charge in [-0.25, -0.2) is 0 Å². The van der Waals surface area contributed by atoms with Gasteiger partial charge >= 0.3 is 0 Å². The standard InChI is InChI=1S/C11H15N3O2/c1-12-6-10(15)11(16)7-2-3-9-8(4-7)5-13-14-9/h2-5,10-12,15-16H,6H2,1H3,(H,13,14). The summed E-state index contributed by atoms with van der Waals surface area (Å²) in [6.07, 6.45) is -0.00294. The number of aliphatic hydroxyl groups is 2. The molecule has 16 heavy (non-hydrogen) atoms. The maximum Gasteiger partial charge on any atom is 0.106 e. The van der Waals surface area contributed by atoms with Crippen molar-refractivity contribution in [2.24, 2.45) is 0 Å². The lowest BCUT2D eigenvalue weighted by Crippen LogP contribution is -2.29. The predicted molar refractivity (Wildman–Crippen MR) is 61.0 cm³/mol. The van der Waals surface area contributed by atoms with Crippen molar-refractivity contribution in [3.8, 4) is 0 Å². The number of rotatable bonds is 4. The second kappa shape index (κ2) is 4.61. The topological polar surface area (TPSA) is 81.2 Å². The summed E-state index contributed by atoms with van der Waals surface area (Å²) in [5.41, 5.74) is 1.61. The number of likely N-dealkylation sites (N-methyl/N-ethyl adjacent to an activating group) is 1. The molecule has 0 aliphatic heterocycles. The summed E-state index contributed by atoms with van der Waals surface area (Å²) in [5.74, 6) is 0. The average molecular weight is 221 g/mol. The van der Waals surface area contributed by atoms with Gasteiger partial charge in [-0.15, -0.1) is 0 Å². The molecule has 0 radical (unpaired) electrons. The van der Waals surface area contributed by atoms with Crippen molar-refractivity contribution in [1.29, 1.82) is 0 Å². The van der Waals surface area contributed by atoms with Gasteiger partial charge in [0.05, 0.1) is 17.8 Å². The summed E-state index contributed by atoms with van der Waals surface area (Å²) in [6, 6.07) is 5.44. The number of nitrogens with zero attached hydrogens (tertiary/aromatic N) is 1. The van der Waals surface area contributed by atoms with Gasteiger partial charge in [-0.05, 0) is 24.7 Å². The van der Waals surface area contributed by atoms with Crippen molar-refractivity contribution in [3.05, 3.63) is 30.0 Å². The van der Waals surface area contributed by atoms with Crippen LogP contribution in [-0.2, 0) is 0 Å². The van der Waals surface area contributed by atoms with E-state index in [0.29, 0.717) is 12.1 Å². The van der Waals surface area contributed by atoms with Gasteiger partial charge in [0.15, 0.2) is 0 Å². The van der Waals surface area contributed by atoms with Crippen LogP contribution in [0.4, 0.5) is 0 Å². The Kier molecular flexibility index (Phi) is 3.19. The van der Waals surface area contributed by atoms with Crippen molar-refractivity contribution in [2.75, 3.05) is 13.6 Å². The van der Waals surface area contributed by atoms with E-state index in [-0.39, 0.29) is 0 Å². The summed E-state index contributed by atoms with van der Waals surface area (Å²) in [5, 5.41) is 30.0. The molecule has 5 heteroatoms. The van der Waals surface area contributed by atoms with Crippen LogP contribution in [0.15, 0.2) is 24.4 Å². The zero-order valence-corrected chi connectivity index (χ0v) is 9.01. The molecular formula is C11H15N3O2. The number of hydrogen-bond acceptors (Lipinski definition) is 4. The highest BCUT2D eigenvalue weighted by molar-refractivity contribution is 5.78. The Hall–Kier alpha value is -1.43. The molecule has 1 aromatic heterocycles. The van der Waals surface area contributed by atoms with Gasteiger partial charge in [0, 0.05) is 11.9 Å². The maximum atomic E-state index is 9.90. The number of nitrogens with one attached hydrogen (secondary N) is 2. The van der Waals surface area contributed by atoms with Gasteiger partial charge in [0.1, 0.15) is 6.10 Å². The average Bonchev–Trinajstić information content (AvgIpc) is 2.75. The second-order valence-corrected chi connectivity index (χ2v) is 3.79. The Morgan fingerprint density at radius 3 is 3.00 bits per heavy atom. The number of benzene rings is 1. The molecule has 2 unspecified atom stereocenters. The zero-order valence-electron chi connectivity index (χ0n) is 9.01. The number of aromatic amines is 1. The van der Waals surface area contributed by atoms with Crippen LogP contribution in [-0.4, -0.2) is 40.1 Å². The maximum absolute atomic E-state index is 9.90.